The molecule has 0 aliphatic carbocycles. The van der Waals surface area contributed by atoms with Gasteiger partial charge in [0.15, 0.2) is 12.2 Å². The van der Waals surface area contributed by atoms with Crippen molar-refractivity contribution in [3.8, 4) is 0 Å². The van der Waals surface area contributed by atoms with Crippen LogP contribution in [0.1, 0.15) is 19.8 Å². The number of hydrogen-bond acceptors (Lipinski definition) is 5. The average molecular weight is 345 g/mol. The van der Waals surface area contributed by atoms with Gasteiger partial charge in [0, 0.05) is 17.2 Å². The minimum atomic E-state index is -2.49. The molecule has 0 unspecified atom stereocenters. The van der Waals surface area contributed by atoms with Crippen LogP contribution in [-0.4, -0.2) is 36.4 Å². The zero-order valence-corrected chi connectivity index (χ0v) is 13.3. The molecule has 0 spiro atoms. The van der Waals surface area contributed by atoms with Crippen LogP contribution in [0.15, 0.2) is 29.2 Å². The Morgan fingerprint density at radius 1 is 1.35 bits per heavy atom. The highest BCUT2D eigenvalue weighted by Gasteiger charge is 2.28. The van der Waals surface area contributed by atoms with Crippen molar-refractivity contribution in [3.05, 3.63) is 24.3 Å². The quantitative estimate of drug-likeness (QED) is 0.634. The number of halogens is 2. The molecule has 126 valence electrons. The van der Waals surface area contributed by atoms with Gasteiger partial charge in [-0.2, -0.15) is 8.78 Å². The summed E-state index contributed by atoms with van der Waals surface area (Å²) in [7, 11) is 0. The number of esters is 1. The van der Waals surface area contributed by atoms with Crippen molar-refractivity contribution >= 4 is 29.3 Å². The summed E-state index contributed by atoms with van der Waals surface area (Å²) < 4.78 is 34.7. The topological polar surface area (TPSA) is 64.6 Å². The van der Waals surface area contributed by atoms with Gasteiger partial charge in [-0.3, -0.25) is 4.79 Å². The summed E-state index contributed by atoms with van der Waals surface area (Å²) in [5, 5.41) is 2.56. The highest BCUT2D eigenvalue weighted by atomic mass is 32.2. The normalized spacial score (nSPS) is 18.7. The van der Waals surface area contributed by atoms with Gasteiger partial charge in [0.1, 0.15) is 0 Å². The lowest BCUT2D eigenvalue weighted by molar-refractivity contribution is -0.162. The van der Waals surface area contributed by atoms with E-state index in [1.54, 1.807) is 0 Å². The number of benzene rings is 1. The molecule has 0 aromatic heterocycles. The summed E-state index contributed by atoms with van der Waals surface area (Å²) >= 11 is 0.426. The largest absolute Gasteiger partial charge is 0.451 e. The van der Waals surface area contributed by atoms with Crippen molar-refractivity contribution < 1.29 is 27.8 Å². The van der Waals surface area contributed by atoms with Crippen molar-refractivity contribution in [3.63, 3.8) is 0 Å². The van der Waals surface area contributed by atoms with Crippen molar-refractivity contribution in [2.45, 2.75) is 42.6 Å². The van der Waals surface area contributed by atoms with Gasteiger partial charge in [0.25, 0.3) is 11.7 Å². The number of hydrogen-bond donors (Lipinski definition) is 1. The van der Waals surface area contributed by atoms with E-state index in [2.05, 4.69) is 5.32 Å². The van der Waals surface area contributed by atoms with E-state index < -0.39 is 29.8 Å². The van der Waals surface area contributed by atoms with Gasteiger partial charge in [-0.05, 0) is 44.0 Å². The lowest BCUT2D eigenvalue weighted by Gasteiger charge is -2.16. The highest BCUT2D eigenvalue weighted by molar-refractivity contribution is 7.99. The summed E-state index contributed by atoms with van der Waals surface area (Å²) in [6.45, 7) is 1.98. The smallest absolute Gasteiger partial charge is 0.336 e. The molecule has 5 nitrogen and oxygen atoms in total. The molecule has 0 saturated carbocycles. The molecule has 1 aromatic rings. The van der Waals surface area contributed by atoms with Crippen LogP contribution in [0.3, 0.4) is 0 Å². The van der Waals surface area contributed by atoms with Crippen molar-refractivity contribution in [1.82, 2.24) is 0 Å². The number of ether oxygens (including phenoxy) is 2. The van der Waals surface area contributed by atoms with Crippen LogP contribution in [0.25, 0.3) is 0 Å². The Kier molecular flexibility index (Phi) is 6.35. The Balaban J connectivity index is 1.84. The summed E-state index contributed by atoms with van der Waals surface area (Å²) in [5.74, 6) is -3.54. The fourth-order valence-electron chi connectivity index (χ4n) is 2.03. The zero-order chi connectivity index (χ0) is 16.8. The molecule has 23 heavy (non-hydrogen) atoms. The van der Waals surface area contributed by atoms with E-state index in [1.165, 1.54) is 31.2 Å². The highest BCUT2D eigenvalue weighted by Crippen LogP contribution is 2.26. The second-order valence-corrected chi connectivity index (χ2v) is 6.04. The maximum absolute atomic E-state index is 12.2. The summed E-state index contributed by atoms with van der Waals surface area (Å²) in [6.07, 6.45) is -0.183. The van der Waals surface area contributed by atoms with Crippen LogP contribution in [0.4, 0.5) is 14.5 Å². The molecule has 0 radical (unpaired) electrons. The van der Waals surface area contributed by atoms with E-state index in [0.29, 0.717) is 35.4 Å². The molecular weight excluding hydrogens is 328 g/mol. The molecule has 2 atom stereocenters. The molecule has 1 aromatic carbocycles. The molecule has 1 N–H and O–H groups in total. The molecule has 1 amide bonds. The monoisotopic (exact) mass is 345 g/mol. The molecule has 1 fully saturated rings. The van der Waals surface area contributed by atoms with Gasteiger partial charge in [0.05, 0.1) is 0 Å². The fourth-order valence-corrected chi connectivity index (χ4v) is 2.53. The van der Waals surface area contributed by atoms with E-state index in [4.69, 9.17) is 9.47 Å². The Morgan fingerprint density at radius 2 is 2.04 bits per heavy atom. The van der Waals surface area contributed by atoms with Gasteiger partial charge in [-0.1, -0.05) is 11.8 Å². The van der Waals surface area contributed by atoms with Gasteiger partial charge in [-0.15, -0.1) is 0 Å². The number of carbonyl (C=O) groups excluding carboxylic acids is 2. The summed E-state index contributed by atoms with van der Waals surface area (Å²) in [4.78, 5) is 24.1. The number of nitrogens with one attached hydrogen (secondary N) is 1. The van der Waals surface area contributed by atoms with Crippen LogP contribution in [0.2, 0.25) is 0 Å². The third kappa shape index (κ3) is 5.47. The van der Waals surface area contributed by atoms with E-state index in [1.807, 2.05) is 0 Å². The molecule has 1 aliphatic heterocycles. The fraction of sp³-hybridized carbons (Fsp3) is 0.467. The van der Waals surface area contributed by atoms with Crippen LogP contribution < -0.4 is 5.32 Å². The summed E-state index contributed by atoms with van der Waals surface area (Å²) in [6, 6.07) is 5.99. The van der Waals surface area contributed by atoms with Gasteiger partial charge in [0.2, 0.25) is 0 Å². The lowest BCUT2D eigenvalue weighted by atomic mass is 10.2. The van der Waals surface area contributed by atoms with Gasteiger partial charge < -0.3 is 14.8 Å². The van der Waals surface area contributed by atoms with E-state index >= 15 is 0 Å². The first-order valence-corrected chi connectivity index (χ1v) is 8.01. The molecule has 1 heterocycles. The Labute approximate surface area is 136 Å². The third-order valence-electron chi connectivity index (χ3n) is 3.20. The average Bonchev–Trinajstić information content (AvgIpc) is 3.03. The first kappa shape index (κ1) is 17.7. The number of amides is 1. The molecular formula is C15H17F2NO4S. The predicted molar refractivity (Wildman–Crippen MR) is 81.5 cm³/mol. The molecule has 1 aliphatic rings. The van der Waals surface area contributed by atoms with E-state index in [-0.39, 0.29) is 0 Å². The SMILES string of the molecule is C[C@H](OC(=O)[C@@H]1CCCO1)C(=O)Nc1ccc(SC(F)F)cc1. The van der Waals surface area contributed by atoms with Crippen LogP contribution in [-0.2, 0) is 19.1 Å². The second kappa shape index (κ2) is 8.26. The van der Waals surface area contributed by atoms with Crippen molar-refractivity contribution in [2.24, 2.45) is 0 Å². The number of thioether (sulfide) groups is 1. The minimum absolute atomic E-state index is 0.399. The molecule has 1 saturated heterocycles. The third-order valence-corrected chi connectivity index (χ3v) is 3.92. The Bertz CT molecular complexity index is 547. The standard InChI is InChI=1S/C15H17F2NO4S/c1-9(22-14(20)12-3-2-8-21-12)13(19)18-10-4-6-11(7-5-10)23-15(16)17/h4-7,9,12,15H,2-3,8H2,1H3,(H,18,19)/t9-,12-/m0/s1. The van der Waals surface area contributed by atoms with Crippen LogP contribution >= 0.6 is 11.8 Å². The van der Waals surface area contributed by atoms with Crippen LogP contribution in [0, 0.1) is 0 Å². The number of alkyl halides is 2. The predicted octanol–water partition coefficient (Wildman–Crippen LogP) is 3.05. The van der Waals surface area contributed by atoms with E-state index in [9.17, 15) is 18.4 Å². The second-order valence-electron chi connectivity index (χ2n) is 4.97. The first-order chi connectivity index (χ1) is 11.0. The van der Waals surface area contributed by atoms with Gasteiger partial charge in [-0.25, -0.2) is 4.79 Å². The van der Waals surface area contributed by atoms with Crippen LogP contribution in [0.5, 0.6) is 0 Å². The maximum atomic E-state index is 12.2. The Hall–Kier alpha value is -1.67. The Morgan fingerprint density at radius 3 is 2.61 bits per heavy atom. The first-order valence-electron chi connectivity index (χ1n) is 7.13. The van der Waals surface area contributed by atoms with Crippen molar-refractivity contribution in [1.29, 1.82) is 0 Å². The molecule has 2 rings (SSSR count). The molecule has 0 bridgehead atoms. The van der Waals surface area contributed by atoms with Crippen molar-refractivity contribution in [2.75, 3.05) is 11.9 Å². The molecule has 8 heteroatoms. The number of rotatable bonds is 6. The zero-order valence-electron chi connectivity index (χ0n) is 12.5. The van der Waals surface area contributed by atoms with Gasteiger partial charge >= 0.3 is 5.97 Å². The summed E-state index contributed by atoms with van der Waals surface area (Å²) in [5.41, 5.74) is 0.439. The lowest BCUT2D eigenvalue weighted by Crippen LogP contribution is -2.33. The number of anilines is 1. The number of carbonyl (C=O) groups is 2. The minimum Gasteiger partial charge on any atom is -0.451 e. The maximum Gasteiger partial charge on any atom is 0.336 e. The van der Waals surface area contributed by atoms with E-state index in [0.717, 1.165) is 6.42 Å².